The van der Waals surface area contributed by atoms with Crippen LogP contribution in [0, 0.1) is 0 Å². The summed E-state index contributed by atoms with van der Waals surface area (Å²) in [7, 11) is 1.65. The fraction of sp³-hybridized carbons (Fsp3) is 0.750. The number of carbonyl (C=O) groups excluding carboxylic acids is 1. The lowest BCUT2D eigenvalue weighted by molar-refractivity contribution is -0.902. The number of amides is 1. The third-order valence-corrected chi connectivity index (χ3v) is 4.88. The van der Waals surface area contributed by atoms with E-state index in [-0.39, 0.29) is 16.8 Å². The summed E-state index contributed by atoms with van der Waals surface area (Å²) in [6.07, 6.45) is 0. The molecule has 1 fully saturated rings. The first kappa shape index (κ1) is 15.1. The number of quaternary nitrogens is 1. The van der Waals surface area contributed by atoms with Crippen LogP contribution in [0.25, 0.3) is 0 Å². The van der Waals surface area contributed by atoms with Gasteiger partial charge in [0.25, 0.3) is 0 Å². The summed E-state index contributed by atoms with van der Waals surface area (Å²) >= 11 is 1.32. The molecule has 2 heterocycles. The molecule has 2 rings (SSSR count). The lowest BCUT2D eigenvalue weighted by Crippen LogP contribution is -3.14. The second-order valence-electron chi connectivity index (χ2n) is 5.06. The van der Waals surface area contributed by atoms with Crippen molar-refractivity contribution >= 4 is 17.7 Å². The molecule has 1 amide bonds. The van der Waals surface area contributed by atoms with Crippen molar-refractivity contribution in [1.29, 1.82) is 0 Å². The predicted octanol–water partition coefficient (Wildman–Crippen LogP) is -1.66. The summed E-state index contributed by atoms with van der Waals surface area (Å²) in [6, 6.07) is 0. The monoisotopic (exact) mass is 300 g/mol. The van der Waals surface area contributed by atoms with Crippen molar-refractivity contribution in [3.8, 4) is 0 Å². The zero-order valence-electron chi connectivity index (χ0n) is 12.2. The zero-order chi connectivity index (χ0) is 14.7. The number of H-pyrrole nitrogens is 1. The largest absolute Gasteiger partial charge is 0.343 e. The minimum absolute atomic E-state index is 0.126. The molecule has 2 N–H and O–H groups in total. The number of hydrogen-bond acceptors (Lipinski definition) is 4. The smallest absolute Gasteiger partial charge is 0.332 e. The highest BCUT2D eigenvalue weighted by Gasteiger charge is 2.27. The standard InChI is InChI=1S/C12H21N5O2S/c1-4-16-5-7-17(8-6-16)10(18)9(2)20-12-14-13-11(19)15(12)3/h9H,4-8H2,1-3H3,(H,13,19)/p+1/t9-/m1/s1. The van der Waals surface area contributed by atoms with Gasteiger partial charge in [-0.15, -0.1) is 5.10 Å². The van der Waals surface area contributed by atoms with Crippen LogP contribution in [0.2, 0.25) is 0 Å². The summed E-state index contributed by atoms with van der Waals surface area (Å²) in [4.78, 5) is 27.1. The van der Waals surface area contributed by atoms with Crippen molar-refractivity contribution < 1.29 is 9.69 Å². The molecular formula is C12H22N5O2S+. The topological polar surface area (TPSA) is 75.4 Å². The van der Waals surface area contributed by atoms with E-state index in [0.717, 1.165) is 32.7 Å². The molecule has 0 unspecified atom stereocenters. The highest BCUT2D eigenvalue weighted by atomic mass is 32.2. The first-order valence-corrected chi connectivity index (χ1v) is 7.81. The van der Waals surface area contributed by atoms with E-state index in [1.807, 2.05) is 11.8 Å². The number of rotatable bonds is 4. The average molecular weight is 300 g/mol. The Balaban J connectivity index is 1.92. The number of nitrogens with zero attached hydrogens (tertiary/aromatic N) is 3. The van der Waals surface area contributed by atoms with Gasteiger partial charge in [-0.2, -0.15) is 0 Å². The quantitative estimate of drug-likeness (QED) is 0.653. The van der Waals surface area contributed by atoms with Gasteiger partial charge in [-0.3, -0.25) is 9.36 Å². The van der Waals surface area contributed by atoms with E-state index in [2.05, 4.69) is 17.1 Å². The van der Waals surface area contributed by atoms with E-state index >= 15 is 0 Å². The Morgan fingerprint density at radius 2 is 2.15 bits per heavy atom. The second kappa shape index (κ2) is 6.45. The summed E-state index contributed by atoms with van der Waals surface area (Å²) in [5.41, 5.74) is -0.257. The number of thioether (sulfide) groups is 1. The Labute approximate surface area is 122 Å². The fourth-order valence-electron chi connectivity index (χ4n) is 2.30. The van der Waals surface area contributed by atoms with Gasteiger partial charge in [0.2, 0.25) is 5.91 Å². The fourth-order valence-corrected chi connectivity index (χ4v) is 3.21. The van der Waals surface area contributed by atoms with Crippen LogP contribution < -0.4 is 10.6 Å². The number of aromatic amines is 1. The van der Waals surface area contributed by atoms with Crippen molar-refractivity contribution in [2.75, 3.05) is 32.7 Å². The summed E-state index contributed by atoms with van der Waals surface area (Å²) < 4.78 is 1.42. The molecule has 0 bridgehead atoms. The summed E-state index contributed by atoms with van der Waals surface area (Å²) in [5.74, 6) is 0.126. The van der Waals surface area contributed by atoms with Crippen molar-refractivity contribution in [2.45, 2.75) is 24.3 Å². The highest BCUT2D eigenvalue weighted by Crippen LogP contribution is 2.20. The maximum atomic E-state index is 12.4. The summed E-state index contributed by atoms with van der Waals surface area (Å²) in [6.45, 7) is 8.80. The second-order valence-corrected chi connectivity index (χ2v) is 6.37. The van der Waals surface area contributed by atoms with Gasteiger partial charge in [-0.1, -0.05) is 11.8 Å². The Morgan fingerprint density at radius 3 is 2.65 bits per heavy atom. The number of hydrogen-bond donors (Lipinski definition) is 2. The van der Waals surface area contributed by atoms with E-state index < -0.39 is 0 Å². The van der Waals surface area contributed by atoms with Gasteiger partial charge < -0.3 is 9.80 Å². The lowest BCUT2D eigenvalue weighted by atomic mass is 10.3. The molecule has 1 saturated heterocycles. The Morgan fingerprint density at radius 1 is 1.50 bits per heavy atom. The van der Waals surface area contributed by atoms with Gasteiger partial charge in [0.05, 0.1) is 38.0 Å². The molecule has 0 aliphatic carbocycles. The first-order chi connectivity index (χ1) is 9.52. The molecule has 8 heteroatoms. The van der Waals surface area contributed by atoms with Crippen molar-refractivity contribution in [2.24, 2.45) is 7.05 Å². The summed E-state index contributed by atoms with van der Waals surface area (Å²) in [5, 5.41) is 6.62. The molecule has 1 aromatic heterocycles. The molecule has 0 radical (unpaired) electrons. The van der Waals surface area contributed by atoms with E-state index in [1.165, 1.54) is 16.3 Å². The van der Waals surface area contributed by atoms with Gasteiger partial charge in [-0.05, 0) is 13.8 Å². The molecule has 112 valence electrons. The number of piperazine rings is 1. The molecule has 1 aromatic rings. The number of nitrogens with one attached hydrogen (secondary N) is 2. The van der Waals surface area contributed by atoms with Crippen LogP contribution >= 0.6 is 11.8 Å². The molecular weight excluding hydrogens is 278 g/mol. The van der Waals surface area contributed by atoms with Gasteiger partial charge in [-0.25, -0.2) is 9.89 Å². The third-order valence-electron chi connectivity index (χ3n) is 3.75. The Bertz CT molecular complexity index is 518. The van der Waals surface area contributed by atoms with Crippen molar-refractivity contribution in [3.05, 3.63) is 10.5 Å². The van der Waals surface area contributed by atoms with Crippen LogP contribution in [0.4, 0.5) is 0 Å². The number of carbonyl (C=O) groups is 1. The maximum absolute atomic E-state index is 12.4. The predicted molar refractivity (Wildman–Crippen MR) is 77.0 cm³/mol. The van der Waals surface area contributed by atoms with E-state index in [9.17, 15) is 9.59 Å². The van der Waals surface area contributed by atoms with Crippen LogP contribution in [0.15, 0.2) is 9.95 Å². The average Bonchev–Trinajstić information content (AvgIpc) is 2.78. The van der Waals surface area contributed by atoms with Crippen molar-refractivity contribution in [3.63, 3.8) is 0 Å². The van der Waals surface area contributed by atoms with Crippen LogP contribution in [-0.4, -0.2) is 63.5 Å². The zero-order valence-corrected chi connectivity index (χ0v) is 13.0. The normalized spacial score (nSPS) is 18.2. The van der Waals surface area contributed by atoms with Crippen LogP contribution in [0.5, 0.6) is 0 Å². The van der Waals surface area contributed by atoms with Gasteiger partial charge in [0, 0.05) is 7.05 Å². The SMILES string of the molecule is CC[NH+]1CCN(C(=O)[C@@H](C)Sc2n[nH]c(=O)n2C)CC1. The highest BCUT2D eigenvalue weighted by molar-refractivity contribution is 8.00. The molecule has 20 heavy (non-hydrogen) atoms. The number of likely N-dealkylation sites (N-methyl/N-ethyl adjacent to an activating group) is 1. The Hall–Kier alpha value is -1.28. The van der Waals surface area contributed by atoms with Crippen LogP contribution in [0.1, 0.15) is 13.8 Å². The van der Waals surface area contributed by atoms with E-state index in [1.54, 1.807) is 11.9 Å². The Kier molecular flexibility index (Phi) is 4.87. The maximum Gasteiger partial charge on any atom is 0.343 e. The molecule has 1 aliphatic heterocycles. The molecule has 0 spiro atoms. The minimum atomic E-state index is -0.257. The van der Waals surface area contributed by atoms with Gasteiger partial charge in [0.15, 0.2) is 5.16 Å². The molecule has 1 atom stereocenters. The third kappa shape index (κ3) is 3.24. The molecule has 1 aliphatic rings. The van der Waals surface area contributed by atoms with Gasteiger partial charge >= 0.3 is 5.69 Å². The van der Waals surface area contributed by atoms with Gasteiger partial charge in [0.1, 0.15) is 0 Å². The molecule has 0 saturated carbocycles. The van der Waals surface area contributed by atoms with E-state index in [4.69, 9.17) is 0 Å². The first-order valence-electron chi connectivity index (χ1n) is 6.93. The number of aromatic nitrogens is 3. The van der Waals surface area contributed by atoms with Crippen LogP contribution in [-0.2, 0) is 11.8 Å². The molecule has 0 aromatic carbocycles. The molecule has 7 nitrogen and oxygen atoms in total. The minimum Gasteiger partial charge on any atom is -0.332 e. The lowest BCUT2D eigenvalue weighted by Gasteiger charge is -2.32. The van der Waals surface area contributed by atoms with Crippen molar-refractivity contribution in [1.82, 2.24) is 19.7 Å². The van der Waals surface area contributed by atoms with Crippen LogP contribution in [0.3, 0.4) is 0 Å². The van der Waals surface area contributed by atoms with E-state index in [0.29, 0.717) is 5.16 Å².